The molecule has 0 aliphatic rings. The number of halogens is 6. The SMILES string of the molecule is CCc1ccc[n+](CCCCCCOC(=O)Nc2ccc(N=C=O)cc2)c1.O=S(=O)([N-]S(=O)(=O)C(F)(F)F)C(F)(F)F. The van der Waals surface area contributed by atoms with E-state index < -0.39 is 37.2 Å². The number of rotatable bonds is 12. The van der Waals surface area contributed by atoms with Crippen LogP contribution in [0, 0.1) is 0 Å². The van der Waals surface area contributed by atoms with E-state index in [2.05, 4.69) is 46.3 Å². The fourth-order valence-corrected chi connectivity index (χ4v) is 4.59. The summed E-state index contributed by atoms with van der Waals surface area (Å²) >= 11 is 0. The van der Waals surface area contributed by atoms with Crippen LogP contribution in [0.3, 0.4) is 0 Å². The molecule has 0 bridgehead atoms. The first-order valence-corrected chi connectivity index (χ1v) is 14.8. The number of benzene rings is 1. The van der Waals surface area contributed by atoms with Gasteiger partial charge in [0.2, 0.25) is 6.08 Å². The molecule has 234 valence electrons. The largest absolute Gasteiger partial charge is 0.480 e. The Morgan fingerprint density at radius 1 is 0.952 bits per heavy atom. The Balaban J connectivity index is 0.000000501. The van der Waals surface area contributed by atoms with Crippen LogP contribution in [0.15, 0.2) is 53.8 Å². The number of nitrogens with zero attached hydrogens (tertiary/aromatic N) is 3. The van der Waals surface area contributed by atoms with Crippen LogP contribution in [0.2, 0.25) is 0 Å². The van der Waals surface area contributed by atoms with Gasteiger partial charge in [-0.3, -0.25) is 5.32 Å². The van der Waals surface area contributed by atoms with Gasteiger partial charge in [-0.15, -0.1) is 0 Å². The van der Waals surface area contributed by atoms with Gasteiger partial charge in [-0.05, 0) is 56.0 Å². The topological polar surface area (TPSA) is 154 Å². The van der Waals surface area contributed by atoms with E-state index >= 15 is 0 Å². The molecule has 0 aliphatic heterocycles. The van der Waals surface area contributed by atoms with Gasteiger partial charge >= 0.3 is 17.1 Å². The van der Waals surface area contributed by atoms with E-state index in [0.717, 1.165) is 42.8 Å². The van der Waals surface area contributed by atoms with Crippen LogP contribution in [0.4, 0.5) is 42.5 Å². The zero-order valence-electron chi connectivity index (χ0n) is 21.9. The Kier molecular flexibility index (Phi) is 14.1. The molecule has 2 rings (SSSR count). The normalized spacial score (nSPS) is 12.0. The molecule has 42 heavy (non-hydrogen) atoms. The number of anilines is 1. The molecule has 0 unspecified atom stereocenters. The summed E-state index contributed by atoms with van der Waals surface area (Å²) < 4.78 is 117. The fourth-order valence-electron chi connectivity index (χ4n) is 2.88. The molecule has 1 N–H and O–H groups in total. The van der Waals surface area contributed by atoms with Crippen LogP contribution in [0.1, 0.15) is 38.2 Å². The van der Waals surface area contributed by atoms with Crippen molar-refractivity contribution in [3.05, 3.63) is 58.5 Å². The molecule has 0 saturated heterocycles. The second kappa shape index (κ2) is 16.2. The number of aryl methyl sites for hydroxylation is 2. The Morgan fingerprint density at radius 2 is 1.52 bits per heavy atom. The fraction of sp³-hybridized carbons (Fsp3) is 0.435. The number of carbonyl (C=O) groups is 1. The molecular weight excluding hydrogens is 622 g/mol. The van der Waals surface area contributed by atoms with Crippen LogP contribution < -0.4 is 9.88 Å². The van der Waals surface area contributed by atoms with Crippen molar-refractivity contribution >= 4 is 43.6 Å². The maximum Gasteiger partial charge on any atom is 0.480 e. The molecule has 1 heterocycles. The second-order valence-corrected chi connectivity index (χ2v) is 11.6. The minimum atomic E-state index is -6.72. The number of hydrogen-bond donors (Lipinski definition) is 1. The van der Waals surface area contributed by atoms with E-state index in [4.69, 9.17) is 4.74 Å². The highest BCUT2D eigenvalue weighted by molar-refractivity contribution is 8.13. The van der Waals surface area contributed by atoms with E-state index in [1.165, 1.54) is 11.6 Å². The Labute approximate surface area is 237 Å². The van der Waals surface area contributed by atoms with E-state index in [1.807, 2.05) is 0 Å². The Hall–Kier alpha value is -3.54. The lowest BCUT2D eigenvalue weighted by Crippen LogP contribution is -2.33. The predicted octanol–water partition coefficient (Wildman–Crippen LogP) is 5.37. The van der Waals surface area contributed by atoms with E-state index in [9.17, 15) is 52.8 Å². The molecule has 0 fully saturated rings. The lowest BCUT2D eigenvalue weighted by atomic mass is 10.2. The molecule has 2 aromatic rings. The number of aliphatic imine (C=N–C) groups is 1. The number of sulfonamides is 2. The average molecular weight is 649 g/mol. The number of nitrogens with one attached hydrogen (secondary N) is 1. The van der Waals surface area contributed by atoms with Crippen molar-refractivity contribution in [3.63, 3.8) is 0 Å². The van der Waals surface area contributed by atoms with Crippen molar-refractivity contribution in [1.29, 1.82) is 0 Å². The summed E-state index contributed by atoms with van der Waals surface area (Å²) in [5.74, 6) is 0. The highest BCUT2D eigenvalue weighted by atomic mass is 32.3. The van der Waals surface area contributed by atoms with Crippen molar-refractivity contribution in [3.8, 4) is 0 Å². The van der Waals surface area contributed by atoms with Crippen LogP contribution in [0.5, 0.6) is 0 Å². The van der Waals surface area contributed by atoms with Gasteiger partial charge in [-0.25, -0.2) is 31.0 Å². The van der Waals surface area contributed by atoms with Gasteiger partial charge in [0, 0.05) is 23.7 Å². The van der Waals surface area contributed by atoms with Crippen molar-refractivity contribution < 1.29 is 62.1 Å². The predicted molar refractivity (Wildman–Crippen MR) is 137 cm³/mol. The molecule has 0 saturated carbocycles. The van der Waals surface area contributed by atoms with Crippen LogP contribution in [0.25, 0.3) is 4.13 Å². The highest BCUT2D eigenvalue weighted by Crippen LogP contribution is 2.36. The van der Waals surface area contributed by atoms with Gasteiger partial charge in [0.1, 0.15) is 6.54 Å². The van der Waals surface area contributed by atoms with Gasteiger partial charge in [0.05, 0.1) is 12.3 Å². The minimum Gasteiger partial charge on any atom is -0.449 e. The van der Waals surface area contributed by atoms with Crippen molar-refractivity contribution in [2.75, 3.05) is 11.9 Å². The third-order valence-corrected chi connectivity index (χ3v) is 7.68. The van der Waals surface area contributed by atoms with Crippen LogP contribution in [-0.4, -0.2) is 46.6 Å². The highest BCUT2D eigenvalue weighted by Gasteiger charge is 2.46. The smallest absolute Gasteiger partial charge is 0.449 e. The van der Waals surface area contributed by atoms with Crippen molar-refractivity contribution in [1.82, 2.24) is 0 Å². The first kappa shape index (κ1) is 36.5. The second-order valence-electron chi connectivity index (χ2n) is 8.14. The summed E-state index contributed by atoms with van der Waals surface area (Å²) in [7, 11) is -13.4. The number of carbonyl (C=O) groups excluding carboxylic acids is 2. The summed E-state index contributed by atoms with van der Waals surface area (Å²) in [6.07, 6.45) is 10.4. The first-order chi connectivity index (χ1) is 19.4. The maximum absolute atomic E-state index is 11.7. The molecule has 1 aromatic carbocycles. The number of aromatic nitrogens is 1. The summed E-state index contributed by atoms with van der Waals surface area (Å²) in [4.78, 5) is 25.4. The molecule has 0 radical (unpaired) electrons. The minimum absolute atomic E-state index is 0.401. The monoisotopic (exact) mass is 648 g/mol. The lowest BCUT2D eigenvalue weighted by molar-refractivity contribution is -0.697. The Bertz CT molecular complexity index is 1380. The molecule has 1 amide bonds. The number of isocyanates is 1. The molecular formula is C23H26F6N4O7S2. The van der Waals surface area contributed by atoms with Crippen LogP contribution in [-0.2, 0) is 42.5 Å². The van der Waals surface area contributed by atoms with Gasteiger partial charge in [-0.1, -0.05) is 6.92 Å². The van der Waals surface area contributed by atoms with Gasteiger partial charge in [-0.2, -0.15) is 31.3 Å². The Morgan fingerprint density at radius 3 is 2.05 bits per heavy atom. The summed E-state index contributed by atoms with van der Waals surface area (Å²) in [6, 6.07) is 10.8. The number of pyridine rings is 1. The van der Waals surface area contributed by atoms with E-state index in [0.29, 0.717) is 18.0 Å². The molecule has 0 aliphatic carbocycles. The van der Waals surface area contributed by atoms with E-state index in [1.54, 1.807) is 24.3 Å². The molecule has 1 aromatic heterocycles. The average Bonchev–Trinajstić information content (AvgIpc) is 2.88. The molecule has 19 heteroatoms. The van der Waals surface area contributed by atoms with Crippen LogP contribution >= 0.6 is 0 Å². The van der Waals surface area contributed by atoms with Crippen molar-refractivity contribution in [2.24, 2.45) is 4.99 Å². The zero-order chi connectivity index (χ0) is 32.0. The standard InChI is InChI=1S/C21H25N3O3.C2F6NO4S2/c1-2-18-8-7-14-24(16-18)13-5-3-4-6-15-27-21(26)23-20-11-9-19(10-12-20)22-17-25;3-1(4,5)14(10,11)9-15(12,13)2(6,7)8/h7-12,14,16H,2-6,13,15H2,1H3;/q;-1/p+1. The number of ether oxygens (including phenoxy) is 1. The van der Waals surface area contributed by atoms with Crippen molar-refractivity contribution in [2.45, 2.75) is 56.6 Å². The molecule has 0 atom stereocenters. The lowest BCUT2D eigenvalue weighted by Gasteiger charge is -2.22. The number of hydrogen-bond acceptors (Lipinski definition) is 8. The van der Waals surface area contributed by atoms with Gasteiger partial charge < -0.3 is 8.86 Å². The third-order valence-electron chi connectivity index (χ3n) is 4.94. The first-order valence-electron chi connectivity index (χ1n) is 11.9. The summed E-state index contributed by atoms with van der Waals surface area (Å²) in [5.41, 5.74) is -9.97. The van der Waals surface area contributed by atoms with Gasteiger partial charge in [0.25, 0.3) is 0 Å². The number of amides is 1. The zero-order valence-corrected chi connectivity index (χ0v) is 23.5. The van der Waals surface area contributed by atoms with E-state index in [-0.39, 0.29) is 0 Å². The quantitative estimate of drug-likeness (QED) is 0.107. The summed E-state index contributed by atoms with van der Waals surface area (Å²) in [5, 5.41) is 2.64. The molecule has 11 nitrogen and oxygen atoms in total. The maximum atomic E-state index is 11.7. The van der Waals surface area contributed by atoms with Gasteiger partial charge in [0.15, 0.2) is 32.4 Å². The molecule has 0 spiro atoms. The third kappa shape index (κ3) is 13.0. The summed E-state index contributed by atoms with van der Waals surface area (Å²) in [6.45, 7) is 3.57. The number of unbranched alkanes of at least 4 members (excludes halogenated alkanes) is 3. The number of alkyl halides is 6.